The molecule has 0 atom stereocenters. The van der Waals surface area contributed by atoms with Crippen LogP contribution in [0.3, 0.4) is 0 Å². The lowest BCUT2D eigenvalue weighted by Gasteiger charge is -2.17. The summed E-state index contributed by atoms with van der Waals surface area (Å²) >= 11 is 6.65. The number of carbonyl (C=O) groups excluding carboxylic acids is 3. The third kappa shape index (κ3) is 7.53. The third-order valence-corrected chi connectivity index (χ3v) is 6.95. The van der Waals surface area contributed by atoms with Gasteiger partial charge < -0.3 is 14.8 Å². The molecular formula is C30H25ClF2N2O5S. The van der Waals surface area contributed by atoms with Gasteiger partial charge in [0.05, 0.1) is 17.2 Å². The highest BCUT2D eigenvalue weighted by molar-refractivity contribution is 8.18. The third-order valence-electron chi connectivity index (χ3n) is 5.79. The smallest absolute Gasteiger partial charge is 0.294 e. The van der Waals surface area contributed by atoms with Crippen molar-refractivity contribution in [2.45, 2.75) is 20.0 Å². The Hall–Kier alpha value is -4.15. The number of halogens is 3. The molecule has 1 heterocycles. The van der Waals surface area contributed by atoms with Gasteiger partial charge >= 0.3 is 0 Å². The minimum absolute atomic E-state index is 0.0950. The topological polar surface area (TPSA) is 84.9 Å². The van der Waals surface area contributed by atoms with Crippen molar-refractivity contribution < 1.29 is 32.6 Å². The summed E-state index contributed by atoms with van der Waals surface area (Å²) in [7, 11) is 0. The van der Waals surface area contributed by atoms with Gasteiger partial charge in [-0.1, -0.05) is 29.8 Å². The van der Waals surface area contributed by atoms with Gasteiger partial charge in [-0.25, -0.2) is 8.78 Å². The van der Waals surface area contributed by atoms with Gasteiger partial charge in [0.2, 0.25) is 5.91 Å². The first-order valence-electron chi connectivity index (χ1n) is 12.5. The van der Waals surface area contributed by atoms with Crippen LogP contribution in [0.2, 0.25) is 5.02 Å². The number of amides is 3. The zero-order valence-electron chi connectivity index (χ0n) is 21.9. The minimum Gasteiger partial charge on any atom is -0.490 e. The molecule has 11 heteroatoms. The van der Waals surface area contributed by atoms with E-state index in [0.29, 0.717) is 52.9 Å². The van der Waals surface area contributed by atoms with E-state index in [-0.39, 0.29) is 17.2 Å². The fourth-order valence-corrected chi connectivity index (χ4v) is 4.91. The predicted octanol–water partition coefficient (Wildman–Crippen LogP) is 7.00. The van der Waals surface area contributed by atoms with E-state index >= 15 is 0 Å². The van der Waals surface area contributed by atoms with Crippen molar-refractivity contribution in [1.82, 2.24) is 4.90 Å². The Kier molecular flexibility index (Phi) is 9.80. The molecule has 0 unspecified atom stereocenters. The van der Waals surface area contributed by atoms with Gasteiger partial charge in [0.1, 0.15) is 24.8 Å². The van der Waals surface area contributed by atoms with E-state index in [9.17, 15) is 23.2 Å². The Morgan fingerprint density at radius 1 is 1.10 bits per heavy atom. The number of hydrogen-bond donors (Lipinski definition) is 1. The van der Waals surface area contributed by atoms with Gasteiger partial charge in [-0.15, -0.1) is 6.58 Å². The van der Waals surface area contributed by atoms with Gasteiger partial charge in [-0.3, -0.25) is 19.3 Å². The lowest BCUT2D eigenvalue weighted by atomic mass is 10.0. The normalized spacial score (nSPS) is 14.0. The van der Waals surface area contributed by atoms with Gasteiger partial charge in [0.25, 0.3) is 11.1 Å². The molecule has 0 radical (unpaired) electrons. The summed E-state index contributed by atoms with van der Waals surface area (Å²) < 4.78 is 39.0. The van der Waals surface area contributed by atoms with E-state index in [1.807, 2.05) is 19.1 Å². The number of thioether (sulfide) groups is 1. The maximum absolute atomic E-state index is 13.9. The quantitative estimate of drug-likeness (QED) is 0.189. The number of rotatable bonds is 11. The van der Waals surface area contributed by atoms with Crippen LogP contribution >= 0.6 is 23.4 Å². The average molecular weight is 599 g/mol. The van der Waals surface area contributed by atoms with Crippen molar-refractivity contribution in [2.75, 3.05) is 18.5 Å². The Balaban J connectivity index is 1.54. The second kappa shape index (κ2) is 13.5. The van der Waals surface area contributed by atoms with Crippen LogP contribution in [-0.4, -0.2) is 35.1 Å². The van der Waals surface area contributed by atoms with Crippen LogP contribution in [0.15, 0.2) is 72.2 Å². The van der Waals surface area contributed by atoms with Gasteiger partial charge in [0, 0.05) is 16.7 Å². The SMILES string of the molecule is C=CCc1cc(/C=C2\SC(=O)N(CC(=O)Nc3ccc(F)cc3F)C2=O)cc(OCC)c1OCc1ccc(Cl)cc1. The maximum atomic E-state index is 13.9. The monoisotopic (exact) mass is 598 g/mol. The van der Waals surface area contributed by atoms with Crippen LogP contribution < -0.4 is 14.8 Å². The van der Waals surface area contributed by atoms with Crippen LogP contribution in [0.1, 0.15) is 23.6 Å². The standard InChI is InChI=1S/C30H25ClF2N2O5S/c1-3-5-20-12-19(13-25(39-4-2)28(20)40-17-18-6-8-21(31)9-7-18)14-26-29(37)35(30(38)41-26)16-27(36)34-24-11-10-22(32)15-23(24)33/h3,6-15H,1,4-5,16-17H2,2H3,(H,34,36)/b26-14-. The average Bonchev–Trinajstić information content (AvgIpc) is 3.18. The molecule has 1 aliphatic rings. The molecule has 0 saturated carbocycles. The summed E-state index contributed by atoms with van der Waals surface area (Å²) in [6, 6.07) is 13.4. The van der Waals surface area contributed by atoms with E-state index in [1.54, 1.807) is 30.3 Å². The second-order valence-electron chi connectivity index (χ2n) is 8.79. The van der Waals surface area contributed by atoms with Crippen LogP contribution in [0.25, 0.3) is 6.08 Å². The lowest BCUT2D eigenvalue weighted by molar-refractivity contribution is -0.127. The maximum Gasteiger partial charge on any atom is 0.294 e. The number of hydrogen-bond acceptors (Lipinski definition) is 6. The fourth-order valence-electron chi connectivity index (χ4n) is 3.95. The van der Waals surface area contributed by atoms with Crippen molar-refractivity contribution in [3.05, 3.63) is 106 Å². The molecule has 212 valence electrons. The van der Waals surface area contributed by atoms with E-state index in [2.05, 4.69) is 11.9 Å². The van der Waals surface area contributed by atoms with E-state index < -0.39 is 35.2 Å². The minimum atomic E-state index is -0.978. The Labute approximate surface area is 244 Å². The van der Waals surface area contributed by atoms with E-state index in [4.69, 9.17) is 21.1 Å². The first-order chi connectivity index (χ1) is 19.7. The van der Waals surface area contributed by atoms with E-state index in [1.165, 1.54) is 6.08 Å². The summed E-state index contributed by atoms with van der Waals surface area (Å²) in [5.74, 6) is -2.30. The summed E-state index contributed by atoms with van der Waals surface area (Å²) in [5.41, 5.74) is 1.97. The molecule has 1 fully saturated rings. The molecule has 3 aromatic rings. The molecule has 0 aromatic heterocycles. The molecule has 4 rings (SSSR count). The number of carbonyl (C=O) groups is 3. The zero-order valence-corrected chi connectivity index (χ0v) is 23.5. The number of nitrogens with zero attached hydrogens (tertiary/aromatic N) is 1. The Morgan fingerprint density at radius 2 is 1.85 bits per heavy atom. The van der Waals surface area contributed by atoms with Crippen molar-refractivity contribution in [1.29, 1.82) is 0 Å². The highest BCUT2D eigenvalue weighted by Gasteiger charge is 2.36. The van der Waals surface area contributed by atoms with E-state index in [0.717, 1.165) is 28.2 Å². The summed E-state index contributed by atoms with van der Waals surface area (Å²) in [6.45, 7) is 5.63. The van der Waals surface area contributed by atoms with Crippen molar-refractivity contribution in [2.24, 2.45) is 0 Å². The number of anilines is 1. The molecule has 3 aromatic carbocycles. The number of allylic oxidation sites excluding steroid dienone is 1. The van der Waals surface area contributed by atoms with Crippen LogP contribution in [0.5, 0.6) is 11.5 Å². The number of benzene rings is 3. The molecule has 0 aliphatic carbocycles. The molecule has 41 heavy (non-hydrogen) atoms. The summed E-state index contributed by atoms with van der Waals surface area (Å²) in [4.78, 5) is 38.9. The predicted molar refractivity (Wildman–Crippen MR) is 155 cm³/mol. The molecule has 1 aliphatic heterocycles. The summed E-state index contributed by atoms with van der Waals surface area (Å²) in [5, 5.41) is 2.20. The first kappa shape index (κ1) is 29.8. The van der Waals surface area contributed by atoms with Crippen LogP contribution in [0.4, 0.5) is 19.3 Å². The number of nitrogens with one attached hydrogen (secondary N) is 1. The number of imide groups is 1. The summed E-state index contributed by atoms with van der Waals surface area (Å²) in [6.07, 6.45) is 3.68. The highest BCUT2D eigenvalue weighted by Crippen LogP contribution is 2.38. The molecule has 3 amide bonds. The van der Waals surface area contributed by atoms with Gasteiger partial charge in [-0.05, 0) is 78.7 Å². The Bertz CT molecular complexity index is 1530. The van der Waals surface area contributed by atoms with Crippen molar-refractivity contribution in [3.63, 3.8) is 0 Å². The molecule has 0 spiro atoms. The molecular weight excluding hydrogens is 574 g/mol. The molecule has 1 saturated heterocycles. The van der Waals surface area contributed by atoms with Crippen LogP contribution in [-0.2, 0) is 22.6 Å². The molecule has 1 N–H and O–H groups in total. The van der Waals surface area contributed by atoms with Crippen molar-refractivity contribution in [3.8, 4) is 11.5 Å². The first-order valence-corrected chi connectivity index (χ1v) is 13.7. The van der Waals surface area contributed by atoms with Gasteiger partial charge in [-0.2, -0.15) is 0 Å². The second-order valence-corrected chi connectivity index (χ2v) is 10.2. The molecule has 7 nitrogen and oxygen atoms in total. The lowest BCUT2D eigenvalue weighted by Crippen LogP contribution is -2.36. The zero-order chi connectivity index (χ0) is 29.5. The van der Waals surface area contributed by atoms with Crippen molar-refractivity contribution >= 4 is 52.2 Å². The fraction of sp³-hybridized carbons (Fsp3) is 0.167. The number of ether oxygens (including phenoxy) is 2. The Morgan fingerprint density at radius 3 is 2.54 bits per heavy atom. The molecule has 0 bridgehead atoms. The van der Waals surface area contributed by atoms with Crippen LogP contribution in [0, 0.1) is 11.6 Å². The largest absolute Gasteiger partial charge is 0.490 e. The van der Waals surface area contributed by atoms with Gasteiger partial charge in [0.15, 0.2) is 11.5 Å². The highest BCUT2D eigenvalue weighted by atomic mass is 35.5.